The van der Waals surface area contributed by atoms with Crippen molar-refractivity contribution in [3.63, 3.8) is 0 Å². The Kier molecular flexibility index (Phi) is 7.92. The molecule has 0 unspecified atom stereocenters. The summed E-state index contributed by atoms with van der Waals surface area (Å²) in [6.07, 6.45) is 5.61. The standard InChI is InChI=1S/C26H33N5O2S/c1-20-5-3-6-21(17-20)9-15-28-26-29-16-12-25(30-26)23-8-4-7-22(18-23)19-31(34(2,32)33)24-10-13-27-14-11-24/h3-8,12,16-18,24,27H,9-11,13-15,19H2,1-2H3,(H,28,29,30). The molecule has 1 aromatic heterocycles. The Morgan fingerprint density at radius 2 is 1.82 bits per heavy atom. The molecule has 0 amide bonds. The van der Waals surface area contributed by atoms with Gasteiger partial charge in [0, 0.05) is 30.9 Å². The van der Waals surface area contributed by atoms with Crippen LogP contribution in [0.2, 0.25) is 0 Å². The van der Waals surface area contributed by atoms with E-state index in [2.05, 4.69) is 51.8 Å². The maximum atomic E-state index is 12.5. The topological polar surface area (TPSA) is 87.2 Å². The molecule has 8 heteroatoms. The maximum absolute atomic E-state index is 12.5. The molecule has 0 aliphatic carbocycles. The number of piperidine rings is 1. The van der Waals surface area contributed by atoms with E-state index in [1.54, 1.807) is 10.5 Å². The van der Waals surface area contributed by atoms with Gasteiger partial charge in [0.05, 0.1) is 11.9 Å². The SMILES string of the molecule is Cc1cccc(CCNc2nccc(-c3cccc(CN(C4CCNCC4)S(C)(=O)=O)c3)n2)c1. The molecule has 1 aliphatic heterocycles. The highest BCUT2D eigenvalue weighted by molar-refractivity contribution is 7.88. The molecule has 0 spiro atoms. The summed E-state index contributed by atoms with van der Waals surface area (Å²) in [6, 6.07) is 18.4. The predicted molar refractivity (Wildman–Crippen MR) is 137 cm³/mol. The van der Waals surface area contributed by atoms with Gasteiger partial charge in [0.15, 0.2) is 0 Å². The first-order chi connectivity index (χ1) is 16.4. The minimum atomic E-state index is -3.31. The van der Waals surface area contributed by atoms with Gasteiger partial charge in [0.2, 0.25) is 16.0 Å². The monoisotopic (exact) mass is 479 g/mol. The fourth-order valence-electron chi connectivity index (χ4n) is 4.41. The van der Waals surface area contributed by atoms with Gasteiger partial charge in [-0.05, 0) is 62.5 Å². The first-order valence-corrected chi connectivity index (χ1v) is 13.6. The minimum absolute atomic E-state index is 0.0307. The second-order valence-electron chi connectivity index (χ2n) is 8.92. The van der Waals surface area contributed by atoms with E-state index >= 15 is 0 Å². The van der Waals surface area contributed by atoms with Gasteiger partial charge >= 0.3 is 0 Å². The highest BCUT2D eigenvalue weighted by Gasteiger charge is 2.28. The van der Waals surface area contributed by atoms with E-state index in [9.17, 15) is 8.42 Å². The van der Waals surface area contributed by atoms with E-state index in [1.807, 2.05) is 30.3 Å². The van der Waals surface area contributed by atoms with Crippen LogP contribution in [0.15, 0.2) is 60.8 Å². The van der Waals surface area contributed by atoms with Gasteiger partial charge in [-0.25, -0.2) is 18.4 Å². The summed E-state index contributed by atoms with van der Waals surface area (Å²) in [4.78, 5) is 9.05. The minimum Gasteiger partial charge on any atom is -0.354 e. The van der Waals surface area contributed by atoms with Crippen molar-refractivity contribution in [1.82, 2.24) is 19.6 Å². The van der Waals surface area contributed by atoms with E-state index in [4.69, 9.17) is 0 Å². The zero-order valence-electron chi connectivity index (χ0n) is 19.9. The highest BCUT2D eigenvalue weighted by atomic mass is 32.2. The average molecular weight is 480 g/mol. The zero-order valence-corrected chi connectivity index (χ0v) is 20.7. The summed E-state index contributed by atoms with van der Waals surface area (Å²) in [5.41, 5.74) is 5.24. The first kappa shape index (κ1) is 24.3. The Morgan fingerprint density at radius 1 is 1.06 bits per heavy atom. The molecule has 180 valence electrons. The van der Waals surface area contributed by atoms with Crippen molar-refractivity contribution in [2.75, 3.05) is 31.2 Å². The molecule has 1 aliphatic rings. The number of nitrogens with one attached hydrogen (secondary N) is 2. The van der Waals surface area contributed by atoms with Crippen molar-refractivity contribution in [1.29, 1.82) is 0 Å². The highest BCUT2D eigenvalue weighted by Crippen LogP contribution is 2.23. The summed E-state index contributed by atoms with van der Waals surface area (Å²) >= 11 is 0. The molecule has 7 nitrogen and oxygen atoms in total. The summed E-state index contributed by atoms with van der Waals surface area (Å²) in [6.45, 7) is 4.89. The van der Waals surface area contributed by atoms with Crippen LogP contribution < -0.4 is 10.6 Å². The number of benzene rings is 2. The molecule has 3 aromatic rings. The van der Waals surface area contributed by atoms with Crippen LogP contribution in [0, 0.1) is 6.92 Å². The Bertz CT molecular complexity index is 1210. The molecule has 2 aromatic carbocycles. The van der Waals surface area contributed by atoms with E-state index < -0.39 is 10.0 Å². The Labute approximate surface area is 202 Å². The van der Waals surface area contributed by atoms with Gasteiger partial charge < -0.3 is 10.6 Å². The molecule has 1 saturated heterocycles. The number of hydrogen-bond acceptors (Lipinski definition) is 6. The van der Waals surface area contributed by atoms with E-state index in [-0.39, 0.29) is 6.04 Å². The van der Waals surface area contributed by atoms with Gasteiger partial charge in [0.1, 0.15) is 0 Å². The first-order valence-electron chi connectivity index (χ1n) is 11.8. The van der Waals surface area contributed by atoms with Crippen molar-refractivity contribution >= 4 is 16.0 Å². The molecule has 4 rings (SSSR count). The van der Waals surface area contributed by atoms with Crippen LogP contribution in [-0.2, 0) is 23.0 Å². The average Bonchev–Trinajstić information content (AvgIpc) is 2.83. The Morgan fingerprint density at radius 3 is 2.59 bits per heavy atom. The third kappa shape index (κ3) is 6.62. The van der Waals surface area contributed by atoms with Crippen molar-refractivity contribution < 1.29 is 8.42 Å². The van der Waals surface area contributed by atoms with Crippen LogP contribution in [0.4, 0.5) is 5.95 Å². The largest absolute Gasteiger partial charge is 0.354 e. The van der Waals surface area contributed by atoms with Crippen LogP contribution >= 0.6 is 0 Å². The van der Waals surface area contributed by atoms with Crippen molar-refractivity contribution in [2.24, 2.45) is 0 Å². The van der Waals surface area contributed by atoms with Gasteiger partial charge in [-0.1, -0.05) is 48.0 Å². The normalized spacial score (nSPS) is 14.9. The second kappa shape index (κ2) is 11.1. The molecule has 0 radical (unpaired) electrons. The molecular weight excluding hydrogens is 446 g/mol. The van der Waals surface area contributed by atoms with Gasteiger partial charge in [-0.15, -0.1) is 0 Å². The Balaban J connectivity index is 1.45. The van der Waals surface area contributed by atoms with Crippen LogP contribution in [0.25, 0.3) is 11.3 Å². The molecule has 2 N–H and O–H groups in total. The van der Waals surface area contributed by atoms with Crippen LogP contribution in [0.1, 0.15) is 29.5 Å². The van der Waals surface area contributed by atoms with Gasteiger partial charge in [-0.2, -0.15) is 4.31 Å². The third-order valence-electron chi connectivity index (χ3n) is 6.14. The number of sulfonamides is 1. The smallest absolute Gasteiger partial charge is 0.223 e. The lowest BCUT2D eigenvalue weighted by atomic mass is 10.0. The summed E-state index contributed by atoms with van der Waals surface area (Å²) in [5, 5.41) is 6.62. The number of anilines is 1. The molecular formula is C26H33N5O2S. The molecule has 0 saturated carbocycles. The van der Waals surface area contributed by atoms with E-state index in [0.29, 0.717) is 12.5 Å². The molecule has 1 fully saturated rings. The summed E-state index contributed by atoms with van der Waals surface area (Å²) in [5.74, 6) is 0.586. The Hall–Kier alpha value is -2.81. The predicted octanol–water partition coefficient (Wildman–Crippen LogP) is 3.62. The van der Waals surface area contributed by atoms with Crippen LogP contribution in [0.5, 0.6) is 0 Å². The van der Waals surface area contributed by atoms with Crippen molar-refractivity contribution in [3.8, 4) is 11.3 Å². The fraction of sp³-hybridized carbons (Fsp3) is 0.385. The van der Waals surface area contributed by atoms with Gasteiger partial charge in [0.25, 0.3) is 0 Å². The lowest BCUT2D eigenvalue weighted by molar-refractivity contribution is 0.258. The van der Waals surface area contributed by atoms with Crippen molar-refractivity contribution in [3.05, 3.63) is 77.5 Å². The van der Waals surface area contributed by atoms with Crippen LogP contribution in [0.3, 0.4) is 0 Å². The molecule has 2 heterocycles. The number of nitrogens with zero attached hydrogens (tertiary/aromatic N) is 3. The number of aromatic nitrogens is 2. The van der Waals surface area contributed by atoms with Crippen LogP contribution in [-0.4, -0.2) is 54.6 Å². The lowest BCUT2D eigenvalue weighted by Gasteiger charge is -2.32. The lowest BCUT2D eigenvalue weighted by Crippen LogP contribution is -2.45. The third-order valence-corrected chi connectivity index (χ3v) is 7.42. The fourth-order valence-corrected chi connectivity index (χ4v) is 5.55. The maximum Gasteiger partial charge on any atom is 0.223 e. The van der Waals surface area contributed by atoms with Crippen molar-refractivity contribution in [2.45, 2.75) is 38.8 Å². The molecule has 0 atom stereocenters. The quantitative estimate of drug-likeness (QED) is 0.487. The zero-order chi connectivity index (χ0) is 24.0. The van der Waals surface area contributed by atoms with E-state index in [1.165, 1.54) is 17.4 Å². The number of aryl methyl sites for hydroxylation is 1. The van der Waals surface area contributed by atoms with E-state index in [0.717, 1.165) is 55.7 Å². The number of rotatable bonds is 9. The second-order valence-corrected chi connectivity index (χ2v) is 10.9. The number of hydrogen-bond donors (Lipinski definition) is 2. The molecule has 0 bridgehead atoms. The summed E-state index contributed by atoms with van der Waals surface area (Å²) < 4.78 is 26.7. The van der Waals surface area contributed by atoms with Gasteiger partial charge in [-0.3, -0.25) is 0 Å². The summed E-state index contributed by atoms with van der Waals surface area (Å²) in [7, 11) is -3.31. The molecule has 34 heavy (non-hydrogen) atoms.